The van der Waals surface area contributed by atoms with Gasteiger partial charge in [-0.15, -0.1) is 0 Å². The second kappa shape index (κ2) is 10.3. The van der Waals surface area contributed by atoms with E-state index in [1.165, 1.54) is 12.4 Å². The van der Waals surface area contributed by atoms with Gasteiger partial charge in [0.2, 0.25) is 5.88 Å². The van der Waals surface area contributed by atoms with Crippen LogP contribution in [0.5, 0.6) is 23.1 Å². The van der Waals surface area contributed by atoms with Crippen molar-refractivity contribution in [2.24, 2.45) is 0 Å². The number of hydrogen-bond donors (Lipinski definition) is 1. The van der Waals surface area contributed by atoms with Gasteiger partial charge in [-0.25, -0.2) is 18.4 Å². The summed E-state index contributed by atoms with van der Waals surface area (Å²) >= 11 is 0. The zero-order valence-corrected chi connectivity index (χ0v) is 19.5. The molecule has 176 valence electrons. The summed E-state index contributed by atoms with van der Waals surface area (Å²) in [6.45, 7) is 4.37. The molecule has 4 aromatic rings. The Morgan fingerprint density at radius 2 is 1.59 bits per heavy atom. The SMILES string of the molecule is CCOc1ccc(OCC)c(S(=O)(=O)Nc2ccc(Oc3cc(-n4cccc4)ncn3)cc2)c1. The molecule has 0 aliphatic rings. The van der Waals surface area contributed by atoms with Crippen LogP contribution in [0.2, 0.25) is 0 Å². The van der Waals surface area contributed by atoms with E-state index in [1.807, 2.05) is 36.0 Å². The van der Waals surface area contributed by atoms with Gasteiger partial charge in [0.25, 0.3) is 10.0 Å². The second-order valence-electron chi connectivity index (χ2n) is 7.01. The Bertz CT molecular complexity index is 1340. The van der Waals surface area contributed by atoms with Crippen LogP contribution in [0.1, 0.15) is 13.8 Å². The van der Waals surface area contributed by atoms with E-state index in [-0.39, 0.29) is 10.6 Å². The molecule has 1 N–H and O–H groups in total. The van der Waals surface area contributed by atoms with Crippen molar-refractivity contribution in [1.29, 1.82) is 0 Å². The number of sulfonamides is 1. The molecule has 0 atom stereocenters. The molecule has 0 spiro atoms. The van der Waals surface area contributed by atoms with Crippen LogP contribution in [0.15, 0.2) is 84.3 Å². The van der Waals surface area contributed by atoms with Crippen molar-refractivity contribution < 1.29 is 22.6 Å². The number of anilines is 1. The molecular weight excluding hydrogens is 456 g/mol. The molecule has 4 rings (SSSR count). The van der Waals surface area contributed by atoms with Gasteiger partial charge in [0.1, 0.15) is 34.3 Å². The second-order valence-corrected chi connectivity index (χ2v) is 8.66. The van der Waals surface area contributed by atoms with Crippen molar-refractivity contribution >= 4 is 15.7 Å². The van der Waals surface area contributed by atoms with Crippen LogP contribution in [0.3, 0.4) is 0 Å². The molecule has 2 heterocycles. The number of nitrogens with one attached hydrogen (secondary N) is 1. The van der Waals surface area contributed by atoms with Gasteiger partial charge < -0.3 is 18.8 Å². The lowest BCUT2D eigenvalue weighted by atomic mass is 10.3. The summed E-state index contributed by atoms with van der Waals surface area (Å²) in [5.74, 6) is 2.22. The van der Waals surface area contributed by atoms with Gasteiger partial charge >= 0.3 is 0 Å². The Kier molecular flexibility index (Phi) is 6.98. The molecule has 10 heteroatoms. The van der Waals surface area contributed by atoms with E-state index in [1.54, 1.807) is 49.4 Å². The first-order valence-corrected chi connectivity index (χ1v) is 12.1. The number of aromatic nitrogens is 3. The topological polar surface area (TPSA) is 105 Å². The molecule has 0 bridgehead atoms. The van der Waals surface area contributed by atoms with Gasteiger partial charge in [-0.05, 0) is 62.4 Å². The maximum absolute atomic E-state index is 13.1. The van der Waals surface area contributed by atoms with Crippen molar-refractivity contribution in [1.82, 2.24) is 14.5 Å². The monoisotopic (exact) mass is 480 g/mol. The Labute approximate surface area is 198 Å². The first-order chi connectivity index (χ1) is 16.5. The molecule has 0 fully saturated rings. The van der Waals surface area contributed by atoms with Crippen molar-refractivity contribution in [2.45, 2.75) is 18.7 Å². The van der Waals surface area contributed by atoms with Gasteiger partial charge in [-0.3, -0.25) is 4.72 Å². The summed E-state index contributed by atoms with van der Waals surface area (Å²) in [7, 11) is -3.93. The summed E-state index contributed by atoms with van der Waals surface area (Å²) in [6.07, 6.45) is 5.15. The average molecular weight is 481 g/mol. The lowest BCUT2D eigenvalue weighted by molar-refractivity contribution is 0.322. The third kappa shape index (κ3) is 5.46. The van der Waals surface area contributed by atoms with E-state index >= 15 is 0 Å². The fraction of sp³-hybridized carbons (Fsp3) is 0.167. The van der Waals surface area contributed by atoms with Crippen LogP contribution in [-0.2, 0) is 10.0 Å². The van der Waals surface area contributed by atoms with Crippen LogP contribution >= 0.6 is 0 Å². The van der Waals surface area contributed by atoms with Crippen molar-refractivity contribution in [3.8, 4) is 28.9 Å². The predicted molar refractivity (Wildman–Crippen MR) is 127 cm³/mol. The molecule has 0 aliphatic carbocycles. The van der Waals surface area contributed by atoms with Crippen LogP contribution in [0, 0.1) is 0 Å². The molecule has 0 saturated carbocycles. The summed E-state index contributed by atoms with van der Waals surface area (Å²) in [6, 6.07) is 16.7. The molecule has 0 saturated heterocycles. The average Bonchev–Trinajstić information content (AvgIpc) is 3.37. The molecular formula is C24H24N4O5S. The van der Waals surface area contributed by atoms with Crippen molar-refractivity contribution in [3.63, 3.8) is 0 Å². The van der Waals surface area contributed by atoms with Crippen LogP contribution < -0.4 is 18.9 Å². The summed E-state index contributed by atoms with van der Waals surface area (Å²) in [4.78, 5) is 8.35. The number of rotatable bonds is 10. The number of ether oxygens (including phenoxy) is 3. The van der Waals surface area contributed by atoms with Gasteiger partial charge in [0.15, 0.2) is 0 Å². The van der Waals surface area contributed by atoms with Gasteiger partial charge in [-0.2, -0.15) is 0 Å². The minimum atomic E-state index is -3.93. The highest BCUT2D eigenvalue weighted by molar-refractivity contribution is 7.92. The summed E-state index contributed by atoms with van der Waals surface area (Å²) in [5, 5.41) is 0. The van der Waals surface area contributed by atoms with E-state index < -0.39 is 10.0 Å². The van der Waals surface area contributed by atoms with Crippen LogP contribution in [-0.4, -0.2) is 36.2 Å². The van der Waals surface area contributed by atoms with E-state index in [2.05, 4.69) is 14.7 Å². The normalized spacial score (nSPS) is 11.1. The fourth-order valence-electron chi connectivity index (χ4n) is 3.17. The quantitative estimate of drug-likeness (QED) is 0.352. The Hall–Kier alpha value is -4.05. The highest BCUT2D eigenvalue weighted by Crippen LogP contribution is 2.31. The highest BCUT2D eigenvalue weighted by Gasteiger charge is 2.21. The minimum absolute atomic E-state index is 0.000784. The Morgan fingerprint density at radius 1 is 0.882 bits per heavy atom. The molecule has 9 nitrogen and oxygen atoms in total. The maximum atomic E-state index is 13.1. The molecule has 34 heavy (non-hydrogen) atoms. The minimum Gasteiger partial charge on any atom is -0.494 e. The highest BCUT2D eigenvalue weighted by atomic mass is 32.2. The lowest BCUT2D eigenvalue weighted by Gasteiger charge is -2.14. The van der Waals surface area contributed by atoms with Gasteiger partial charge in [0.05, 0.1) is 13.2 Å². The molecule has 0 amide bonds. The first-order valence-electron chi connectivity index (χ1n) is 10.6. The fourth-order valence-corrected chi connectivity index (χ4v) is 4.39. The van der Waals surface area contributed by atoms with Crippen molar-refractivity contribution in [2.75, 3.05) is 17.9 Å². The third-order valence-electron chi connectivity index (χ3n) is 4.64. The summed E-state index contributed by atoms with van der Waals surface area (Å²) in [5.41, 5.74) is 0.368. The van der Waals surface area contributed by atoms with E-state index in [4.69, 9.17) is 14.2 Å². The zero-order valence-electron chi connectivity index (χ0n) is 18.7. The van der Waals surface area contributed by atoms with Gasteiger partial charge in [0, 0.05) is 30.2 Å². The largest absolute Gasteiger partial charge is 0.494 e. The Morgan fingerprint density at radius 3 is 2.29 bits per heavy atom. The van der Waals surface area contributed by atoms with E-state index in [0.717, 1.165) is 0 Å². The standard InChI is InChI=1S/C24H24N4O5S/c1-3-31-20-11-12-21(32-4-2)22(15-20)34(29,30)27-18-7-9-19(10-8-18)33-24-16-23(25-17-26-24)28-13-5-6-14-28/h5-17,27H,3-4H2,1-2H3. The molecule has 2 aromatic heterocycles. The number of benzene rings is 2. The lowest BCUT2D eigenvalue weighted by Crippen LogP contribution is -2.14. The number of nitrogens with zero attached hydrogens (tertiary/aromatic N) is 3. The van der Waals surface area contributed by atoms with Gasteiger partial charge in [-0.1, -0.05) is 0 Å². The molecule has 0 unspecified atom stereocenters. The molecule has 2 aromatic carbocycles. The summed E-state index contributed by atoms with van der Waals surface area (Å²) < 4.78 is 47.3. The molecule has 0 radical (unpaired) electrons. The maximum Gasteiger partial charge on any atom is 0.265 e. The zero-order chi connectivity index (χ0) is 24.0. The number of hydrogen-bond acceptors (Lipinski definition) is 7. The smallest absolute Gasteiger partial charge is 0.265 e. The van der Waals surface area contributed by atoms with E-state index in [0.29, 0.717) is 42.1 Å². The van der Waals surface area contributed by atoms with E-state index in [9.17, 15) is 8.42 Å². The van der Waals surface area contributed by atoms with Crippen LogP contribution in [0.25, 0.3) is 5.82 Å². The third-order valence-corrected chi connectivity index (χ3v) is 6.04. The predicted octanol–water partition coefficient (Wildman–Crippen LogP) is 4.66. The van der Waals surface area contributed by atoms with Crippen molar-refractivity contribution in [3.05, 3.63) is 79.4 Å². The first kappa shape index (κ1) is 23.1. The van der Waals surface area contributed by atoms with Crippen LogP contribution in [0.4, 0.5) is 5.69 Å². The Balaban J connectivity index is 1.51. The molecule has 0 aliphatic heterocycles.